The summed E-state index contributed by atoms with van der Waals surface area (Å²) in [5, 5.41) is 12.7. The van der Waals surface area contributed by atoms with Crippen molar-refractivity contribution in [3.63, 3.8) is 0 Å². The third-order valence-electron chi connectivity index (χ3n) is 4.62. The molecule has 1 fully saturated rings. The summed E-state index contributed by atoms with van der Waals surface area (Å²) >= 11 is 0. The van der Waals surface area contributed by atoms with Crippen LogP contribution in [0.15, 0.2) is 12.2 Å². The maximum Gasteiger partial charge on any atom is 0.306 e. The van der Waals surface area contributed by atoms with Crippen molar-refractivity contribution in [2.24, 2.45) is 11.8 Å². The molecule has 2 rings (SSSR count). The van der Waals surface area contributed by atoms with Gasteiger partial charge in [-0.25, -0.2) is 0 Å². The first-order valence-corrected chi connectivity index (χ1v) is 7.88. The van der Waals surface area contributed by atoms with E-state index in [1.807, 2.05) is 0 Å². The van der Waals surface area contributed by atoms with Gasteiger partial charge in [-0.1, -0.05) is 25.0 Å². The van der Waals surface area contributed by atoms with E-state index in [0.29, 0.717) is 12.0 Å². The quantitative estimate of drug-likeness (QED) is 0.766. The number of carboxylic acid groups (broad SMARTS) is 1. The standard InChI is InChI=1S/C16H27NO2/c18-16(19)14-10-8-13(9-11-14)12-17-15-6-4-2-1-3-5-7-15/h4,6,13-15,17H,1-3,5,7-12H2,(H,18,19)/b6-4+. The van der Waals surface area contributed by atoms with Crippen LogP contribution in [0.5, 0.6) is 0 Å². The van der Waals surface area contributed by atoms with Gasteiger partial charge >= 0.3 is 5.97 Å². The van der Waals surface area contributed by atoms with Gasteiger partial charge < -0.3 is 10.4 Å². The summed E-state index contributed by atoms with van der Waals surface area (Å²) in [7, 11) is 0. The molecule has 0 aromatic carbocycles. The maximum atomic E-state index is 10.9. The van der Waals surface area contributed by atoms with Gasteiger partial charge in [-0.2, -0.15) is 0 Å². The van der Waals surface area contributed by atoms with Crippen molar-refractivity contribution < 1.29 is 9.90 Å². The Labute approximate surface area is 116 Å². The molecule has 0 amide bonds. The lowest BCUT2D eigenvalue weighted by Gasteiger charge is -2.28. The molecular formula is C16H27NO2. The van der Waals surface area contributed by atoms with E-state index in [1.54, 1.807) is 0 Å². The second-order valence-corrected chi connectivity index (χ2v) is 6.14. The third-order valence-corrected chi connectivity index (χ3v) is 4.62. The highest BCUT2D eigenvalue weighted by Gasteiger charge is 2.25. The predicted molar refractivity (Wildman–Crippen MR) is 77.1 cm³/mol. The first kappa shape index (κ1) is 14.6. The fourth-order valence-electron chi connectivity index (χ4n) is 3.26. The first-order chi connectivity index (χ1) is 9.25. The summed E-state index contributed by atoms with van der Waals surface area (Å²) in [6, 6.07) is 0.539. The molecule has 0 aromatic rings. The lowest BCUT2D eigenvalue weighted by Crippen LogP contribution is -2.34. The van der Waals surface area contributed by atoms with Crippen molar-refractivity contribution in [3.05, 3.63) is 12.2 Å². The Morgan fingerprint density at radius 1 is 1.11 bits per heavy atom. The van der Waals surface area contributed by atoms with Crippen LogP contribution in [0.2, 0.25) is 0 Å². The number of carbonyl (C=O) groups is 1. The molecule has 2 N–H and O–H groups in total. The van der Waals surface area contributed by atoms with Crippen LogP contribution in [0, 0.1) is 11.8 Å². The average molecular weight is 265 g/mol. The Morgan fingerprint density at radius 2 is 1.89 bits per heavy atom. The van der Waals surface area contributed by atoms with E-state index in [9.17, 15) is 4.79 Å². The molecule has 1 unspecified atom stereocenters. The minimum atomic E-state index is -0.602. The molecule has 0 aliphatic heterocycles. The largest absolute Gasteiger partial charge is 0.481 e. The number of aliphatic carboxylic acids is 1. The van der Waals surface area contributed by atoms with Gasteiger partial charge in [0.1, 0.15) is 0 Å². The summed E-state index contributed by atoms with van der Waals surface area (Å²) in [5.41, 5.74) is 0. The zero-order valence-corrected chi connectivity index (χ0v) is 11.8. The Bertz CT molecular complexity index is 306. The summed E-state index contributed by atoms with van der Waals surface area (Å²) < 4.78 is 0. The third kappa shape index (κ3) is 4.98. The Hall–Kier alpha value is -0.830. The number of hydrogen-bond donors (Lipinski definition) is 2. The van der Waals surface area contributed by atoms with Crippen molar-refractivity contribution in [2.75, 3.05) is 6.54 Å². The van der Waals surface area contributed by atoms with Crippen LogP contribution in [-0.2, 0) is 4.79 Å². The minimum Gasteiger partial charge on any atom is -0.481 e. The van der Waals surface area contributed by atoms with Crippen molar-refractivity contribution in [1.29, 1.82) is 0 Å². The van der Waals surface area contributed by atoms with Gasteiger partial charge in [0, 0.05) is 6.04 Å². The predicted octanol–water partition coefficient (Wildman–Crippen LogP) is 3.36. The molecule has 2 aliphatic carbocycles. The molecule has 0 saturated heterocycles. The number of nitrogens with one attached hydrogen (secondary N) is 1. The fraction of sp³-hybridized carbons (Fsp3) is 0.812. The van der Waals surface area contributed by atoms with E-state index in [2.05, 4.69) is 17.5 Å². The average Bonchev–Trinajstić information content (AvgIpc) is 2.38. The SMILES string of the molecule is O=C(O)C1CCC(CNC2/C=C/CCCCC2)CC1. The molecule has 1 atom stereocenters. The normalized spacial score (nSPS) is 34.2. The topological polar surface area (TPSA) is 49.3 Å². The Morgan fingerprint density at radius 3 is 2.63 bits per heavy atom. The lowest BCUT2D eigenvalue weighted by atomic mass is 9.82. The maximum absolute atomic E-state index is 10.9. The molecule has 0 radical (unpaired) electrons. The second-order valence-electron chi connectivity index (χ2n) is 6.14. The molecule has 0 aromatic heterocycles. The van der Waals surface area contributed by atoms with Crippen LogP contribution in [0.1, 0.15) is 57.8 Å². The number of rotatable bonds is 4. The second kappa shape index (κ2) is 7.68. The zero-order valence-electron chi connectivity index (χ0n) is 11.8. The van der Waals surface area contributed by atoms with E-state index < -0.39 is 5.97 Å². The van der Waals surface area contributed by atoms with Crippen molar-refractivity contribution in [1.82, 2.24) is 5.32 Å². The molecule has 3 heteroatoms. The molecule has 0 heterocycles. The molecular weight excluding hydrogens is 238 g/mol. The van der Waals surface area contributed by atoms with Crippen LogP contribution in [0.25, 0.3) is 0 Å². The molecule has 108 valence electrons. The molecule has 19 heavy (non-hydrogen) atoms. The molecule has 0 spiro atoms. The van der Waals surface area contributed by atoms with Crippen molar-refractivity contribution in [2.45, 2.75) is 63.8 Å². The highest BCUT2D eigenvalue weighted by atomic mass is 16.4. The molecule has 2 aliphatic rings. The lowest BCUT2D eigenvalue weighted by molar-refractivity contribution is -0.143. The monoisotopic (exact) mass is 265 g/mol. The summed E-state index contributed by atoms with van der Waals surface area (Å²) in [6.45, 7) is 1.06. The zero-order chi connectivity index (χ0) is 13.5. The summed E-state index contributed by atoms with van der Waals surface area (Å²) in [6.07, 6.45) is 15.0. The van der Waals surface area contributed by atoms with Crippen molar-refractivity contribution in [3.8, 4) is 0 Å². The van der Waals surface area contributed by atoms with Gasteiger partial charge in [-0.05, 0) is 57.4 Å². The van der Waals surface area contributed by atoms with Crippen LogP contribution in [0.3, 0.4) is 0 Å². The van der Waals surface area contributed by atoms with E-state index >= 15 is 0 Å². The van der Waals surface area contributed by atoms with E-state index in [4.69, 9.17) is 5.11 Å². The van der Waals surface area contributed by atoms with E-state index in [1.165, 1.54) is 32.1 Å². The first-order valence-electron chi connectivity index (χ1n) is 7.88. The van der Waals surface area contributed by atoms with Gasteiger partial charge in [0.15, 0.2) is 0 Å². The smallest absolute Gasteiger partial charge is 0.306 e. The van der Waals surface area contributed by atoms with Crippen LogP contribution < -0.4 is 5.32 Å². The highest BCUT2D eigenvalue weighted by Crippen LogP contribution is 2.28. The highest BCUT2D eigenvalue weighted by molar-refractivity contribution is 5.69. The molecule has 1 saturated carbocycles. The van der Waals surface area contributed by atoms with Crippen LogP contribution in [-0.4, -0.2) is 23.7 Å². The van der Waals surface area contributed by atoms with Crippen LogP contribution >= 0.6 is 0 Å². The fourth-order valence-corrected chi connectivity index (χ4v) is 3.26. The molecule has 3 nitrogen and oxygen atoms in total. The van der Waals surface area contributed by atoms with Crippen LogP contribution in [0.4, 0.5) is 0 Å². The van der Waals surface area contributed by atoms with Gasteiger partial charge in [0.2, 0.25) is 0 Å². The van der Waals surface area contributed by atoms with E-state index in [-0.39, 0.29) is 5.92 Å². The number of carboxylic acids is 1. The van der Waals surface area contributed by atoms with Crippen molar-refractivity contribution >= 4 is 5.97 Å². The van der Waals surface area contributed by atoms with E-state index in [0.717, 1.165) is 32.2 Å². The van der Waals surface area contributed by atoms with Gasteiger partial charge in [-0.15, -0.1) is 0 Å². The molecule has 0 bridgehead atoms. The minimum absolute atomic E-state index is 0.0856. The van der Waals surface area contributed by atoms with Gasteiger partial charge in [0.05, 0.1) is 5.92 Å². The van der Waals surface area contributed by atoms with Gasteiger partial charge in [0.25, 0.3) is 0 Å². The summed E-state index contributed by atoms with van der Waals surface area (Å²) in [5.74, 6) is -0.0126. The Kier molecular flexibility index (Phi) is 5.90. The number of hydrogen-bond acceptors (Lipinski definition) is 2. The summed E-state index contributed by atoms with van der Waals surface area (Å²) in [4.78, 5) is 10.9. The number of allylic oxidation sites excluding steroid dienone is 1. The van der Waals surface area contributed by atoms with Gasteiger partial charge in [-0.3, -0.25) is 4.79 Å². The Balaban J connectivity index is 1.68.